The lowest BCUT2D eigenvalue weighted by atomic mass is 10.1. The number of aryl methyl sites for hydroxylation is 1. The predicted octanol–water partition coefficient (Wildman–Crippen LogP) is 5.21. The third kappa shape index (κ3) is 3.66. The fourth-order valence-corrected chi connectivity index (χ4v) is 3.95. The Hall–Kier alpha value is -2.17. The van der Waals surface area contributed by atoms with E-state index >= 15 is 0 Å². The number of thiophene rings is 1. The van der Waals surface area contributed by atoms with Gasteiger partial charge in [0.15, 0.2) is 0 Å². The lowest BCUT2D eigenvalue weighted by Crippen LogP contribution is -2.18. The zero-order valence-electron chi connectivity index (χ0n) is 13.5. The summed E-state index contributed by atoms with van der Waals surface area (Å²) in [6.45, 7) is 3.91. The lowest BCUT2D eigenvalue weighted by Gasteiger charge is -2.02. The Morgan fingerprint density at radius 1 is 1.21 bits per heavy atom. The van der Waals surface area contributed by atoms with Gasteiger partial charge in [0.25, 0.3) is 5.91 Å². The molecule has 0 fully saturated rings. The van der Waals surface area contributed by atoms with Crippen LogP contribution in [-0.4, -0.2) is 11.6 Å². The average Bonchev–Trinajstić information content (AvgIpc) is 2.90. The molecule has 0 spiro atoms. The van der Waals surface area contributed by atoms with Crippen molar-refractivity contribution in [3.8, 4) is 0 Å². The Balaban J connectivity index is 1.75. The first-order chi connectivity index (χ1) is 11.5. The van der Waals surface area contributed by atoms with E-state index in [1.165, 1.54) is 11.3 Å². The van der Waals surface area contributed by atoms with Gasteiger partial charge in [0.05, 0.1) is 5.02 Å². The first-order valence-electron chi connectivity index (χ1n) is 7.60. The van der Waals surface area contributed by atoms with E-state index in [9.17, 15) is 4.79 Å². The molecule has 1 N–H and O–H groups in total. The molecule has 0 saturated carbocycles. The molecule has 122 valence electrons. The minimum Gasteiger partial charge on any atom is -0.266 e. The molecule has 0 saturated heterocycles. The second kappa shape index (κ2) is 7.16. The highest BCUT2D eigenvalue weighted by atomic mass is 35.5. The molecule has 0 atom stereocenters. The van der Waals surface area contributed by atoms with E-state index in [1.54, 1.807) is 0 Å². The summed E-state index contributed by atoms with van der Waals surface area (Å²) in [7, 11) is 0. The SMILES string of the molecule is CC(Cc1ccccc1)=NNC(=O)c1sc2cc(C)ccc2c1Cl. The summed E-state index contributed by atoms with van der Waals surface area (Å²) < 4.78 is 1.01. The number of amides is 1. The third-order valence-electron chi connectivity index (χ3n) is 3.64. The molecule has 0 aliphatic carbocycles. The number of halogens is 1. The first kappa shape index (κ1) is 16.7. The molecule has 1 aromatic heterocycles. The van der Waals surface area contributed by atoms with Gasteiger partial charge in [-0.05, 0) is 31.0 Å². The van der Waals surface area contributed by atoms with Crippen LogP contribution in [0.1, 0.15) is 27.7 Å². The van der Waals surface area contributed by atoms with Crippen LogP contribution in [0.2, 0.25) is 5.02 Å². The highest BCUT2D eigenvalue weighted by molar-refractivity contribution is 7.21. The molecule has 3 aromatic rings. The van der Waals surface area contributed by atoms with Crippen LogP contribution >= 0.6 is 22.9 Å². The number of carbonyl (C=O) groups is 1. The largest absolute Gasteiger partial charge is 0.283 e. The molecule has 0 aliphatic heterocycles. The quantitative estimate of drug-likeness (QED) is 0.506. The van der Waals surface area contributed by atoms with Crippen LogP contribution in [0.15, 0.2) is 53.6 Å². The van der Waals surface area contributed by atoms with E-state index in [0.29, 0.717) is 16.3 Å². The van der Waals surface area contributed by atoms with Crippen molar-refractivity contribution in [2.24, 2.45) is 5.10 Å². The van der Waals surface area contributed by atoms with Gasteiger partial charge < -0.3 is 0 Å². The second-order valence-corrected chi connectivity index (χ2v) is 7.13. The van der Waals surface area contributed by atoms with Crippen LogP contribution < -0.4 is 5.43 Å². The Morgan fingerprint density at radius 2 is 1.96 bits per heavy atom. The summed E-state index contributed by atoms with van der Waals surface area (Å²) >= 11 is 7.74. The van der Waals surface area contributed by atoms with Crippen molar-refractivity contribution in [3.63, 3.8) is 0 Å². The highest BCUT2D eigenvalue weighted by Crippen LogP contribution is 2.35. The van der Waals surface area contributed by atoms with Crippen LogP contribution in [0.4, 0.5) is 0 Å². The van der Waals surface area contributed by atoms with Crippen molar-refractivity contribution in [2.75, 3.05) is 0 Å². The van der Waals surface area contributed by atoms with Gasteiger partial charge in [-0.15, -0.1) is 11.3 Å². The van der Waals surface area contributed by atoms with Gasteiger partial charge >= 0.3 is 0 Å². The zero-order chi connectivity index (χ0) is 17.1. The van der Waals surface area contributed by atoms with E-state index in [4.69, 9.17) is 11.6 Å². The van der Waals surface area contributed by atoms with Crippen molar-refractivity contribution in [2.45, 2.75) is 20.3 Å². The van der Waals surface area contributed by atoms with E-state index in [-0.39, 0.29) is 5.91 Å². The van der Waals surface area contributed by atoms with Gasteiger partial charge in [-0.3, -0.25) is 4.79 Å². The zero-order valence-corrected chi connectivity index (χ0v) is 15.0. The van der Waals surface area contributed by atoms with Crippen molar-refractivity contribution in [3.05, 3.63) is 69.6 Å². The Kier molecular flexibility index (Phi) is 4.97. The Labute approximate surface area is 150 Å². The fraction of sp³-hybridized carbons (Fsp3) is 0.158. The molecule has 1 amide bonds. The molecule has 1 heterocycles. The van der Waals surface area contributed by atoms with Crippen LogP contribution in [0, 0.1) is 6.92 Å². The third-order valence-corrected chi connectivity index (χ3v) is 5.30. The van der Waals surface area contributed by atoms with E-state index in [1.807, 2.05) is 62.4 Å². The number of hydrogen-bond acceptors (Lipinski definition) is 3. The van der Waals surface area contributed by atoms with Gasteiger partial charge in [-0.2, -0.15) is 5.10 Å². The topological polar surface area (TPSA) is 41.5 Å². The fourth-order valence-electron chi connectivity index (χ4n) is 2.45. The number of nitrogens with one attached hydrogen (secondary N) is 1. The monoisotopic (exact) mass is 356 g/mol. The average molecular weight is 357 g/mol. The van der Waals surface area contributed by atoms with Gasteiger partial charge in [0.2, 0.25) is 0 Å². The van der Waals surface area contributed by atoms with Crippen LogP contribution in [-0.2, 0) is 6.42 Å². The Morgan fingerprint density at radius 3 is 2.71 bits per heavy atom. The molecule has 24 heavy (non-hydrogen) atoms. The van der Waals surface area contributed by atoms with E-state index in [2.05, 4.69) is 10.5 Å². The molecule has 5 heteroatoms. The summed E-state index contributed by atoms with van der Waals surface area (Å²) in [5.41, 5.74) is 5.74. The number of carbonyl (C=O) groups excluding carboxylic acids is 1. The minimum absolute atomic E-state index is 0.272. The smallest absolute Gasteiger partial charge is 0.266 e. The predicted molar refractivity (Wildman–Crippen MR) is 102 cm³/mol. The van der Waals surface area contributed by atoms with E-state index < -0.39 is 0 Å². The number of benzene rings is 2. The van der Waals surface area contributed by atoms with Crippen molar-refractivity contribution < 1.29 is 4.79 Å². The molecule has 3 rings (SSSR count). The molecule has 2 aromatic carbocycles. The summed E-state index contributed by atoms with van der Waals surface area (Å²) in [5, 5.41) is 5.58. The number of nitrogens with zero attached hydrogens (tertiary/aromatic N) is 1. The molecule has 0 bridgehead atoms. The number of fused-ring (bicyclic) bond motifs is 1. The van der Waals surface area contributed by atoms with Crippen LogP contribution in [0.3, 0.4) is 0 Å². The molecule has 0 aliphatic rings. The maximum Gasteiger partial charge on any atom is 0.283 e. The standard InChI is InChI=1S/C19H17ClN2OS/c1-12-8-9-15-16(10-12)24-18(17(15)20)19(23)22-21-13(2)11-14-6-4-3-5-7-14/h3-10H,11H2,1-2H3,(H,22,23). The number of hydrogen-bond donors (Lipinski definition) is 1. The highest BCUT2D eigenvalue weighted by Gasteiger charge is 2.16. The maximum atomic E-state index is 12.4. The minimum atomic E-state index is -0.272. The summed E-state index contributed by atoms with van der Waals surface area (Å²) in [4.78, 5) is 12.9. The molecule has 0 radical (unpaired) electrons. The van der Waals surface area contributed by atoms with E-state index in [0.717, 1.165) is 26.9 Å². The Bertz CT molecular complexity index is 916. The second-order valence-electron chi connectivity index (χ2n) is 5.70. The summed E-state index contributed by atoms with van der Waals surface area (Å²) in [6.07, 6.45) is 0.695. The van der Waals surface area contributed by atoms with Crippen molar-refractivity contribution >= 4 is 44.6 Å². The number of rotatable bonds is 4. The van der Waals surface area contributed by atoms with Gasteiger partial charge in [0, 0.05) is 22.2 Å². The van der Waals surface area contributed by atoms with Crippen molar-refractivity contribution in [1.29, 1.82) is 0 Å². The summed E-state index contributed by atoms with van der Waals surface area (Å²) in [5.74, 6) is -0.272. The number of hydrazone groups is 1. The van der Waals surface area contributed by atoms with Crippen molar-refractivity contribution in [1.82, 2.24) is 5.43 Å². The van der Waals surface area contributed by atoms with Gasteiger partial charge in [0.1, 0.15) is 4.88 Å². The maximum absolute atomic E-state index is 12.4. The normalized spacial score (nSPS) is 11.7. The molecular weight excluding hydrogens is 340 g/mol. The van der Waals surface area contributed by atoms with Crippen LogP contribution in [0.25, 0.3) is 10.1 Å². The van der Waals surface area contributed by atoms with Gasteiger partial charge in [-0.1, -0.05) is 54.1 Å². The summed E-state index contributed by atoms with van der Waals surface area (Å²) in [6, 6.07) is 16.0. The lowest BCUT2D eigenvalue weighted by molar-refractivity contribution is 0.0959. The first-order valence-corrected chi connectivity index (χ1v) is 8.80. The molecule has 0 unspecified atom stereocenters. The molecule has 3 nitrogen and oxygen atoms in total. The van der Waals surface area contributed by atoms with Crippen LogP contribution in [0.5, 0.6) is 0 Å². The molecular formula is C19H17ClN2OS. The van der Waals surface area contributed by atoms with Gasteiger partial charge in [-0.25, -0.2) is 5.43 Å².